The molecule has 5 heteroatoms. The second-order valence-corrected chi connectivity index (χ2v) is 5.63. The highest BCUT2D eigenvalue weighted by molar-refractivity contribution is 5.13. The predicted molar refractivity (Wildman–Crippen MR) is 68.1 cm³/mol. The SMILES string of the molecule is CCC(C)(OC)c1noc(C2(C)CCCC2N)n1. The molecule has 0 radical (unpaired) electrons. The lowest BCUT2D eigenvalue weighted by molar-refractivity contribution is -0.0106. The van der Waals surface area contributed by atoms with Gasteiger partial charge >= 0.3 is 0 Å². The van der Waals surface area contributed by atoms with Gasteiger partial charge in [0.15, 0.2) is 0 Å². The maximum absolute atomic E-state index is 6.17. The molecule has 1 aliphatic carbocycles. The van der Waals surface area contributed by atoms with E-state index in [1.165, 1.54) is 0 Å². The van der Waals surface area contributed by atoms with Crippen LogP contribution in [-0.4, -0.2) is 23.3 Å². The van der Waals surface area contributed by atoms with Gasteiger partial charge in [-0.1, -0.05) is 18.5 Å². The van der Waals surface area contributed by atoms with Crippen LogP contribution in [-0.2, 0) is 15.8 Å². The van der Waals surface area contributed by atoms with Crippen molar-refractivity contribution in [3.63, 3.8) is 0 Å². The third-order valence-corrected chi connectivity index (χ3v) is 4.54. The number of aromatic nitrogens is 2. The van der Waals surface area contributed by atoms with Crippen LogP contribution >= 0.6 is 0 Å². The number of nitrogens with two attached hydrogens (primary N) is 1. The number of ether oxygens (including phenoxy) is 1. The van der Waals surface area contributed by atoms with Crippen molar-refractivity contribution < 1.29 is 9.26 Å². The molecule has 3 unspecified atom stereocenters. The summed E-state index contributed by atoms with van der Waals surface area (Å²) in [5.74, 6) is 1.27. The molecule has 5 nitrogen and oxygen atoms in total. The van der Waals surface area contributed by atoms with E-state index in [4.69, 9.17) is 15.0 Å². The molecule has 18 heavy (non-hydrogen) atoms. The van der Waals surface area contributed by atoms with E-state index in [9.17, 15) is 0 Å². The van der Waals surface area contributed by atoms with Crippen LogP contribution < -0.4 is 5.73 Å². The quantitative estimate of drug-likeness (QED) is 0.889. The van der Waals surface area contributed by atoms with Crippen molar-refractivity contribution in [1.82, 2.24) is 10.1 Å². The van der Waals surface area contributed by atoms with Crippen LogP contribution in [0.3, 0.4) is 0 Å². The number of rotatable bonds is 4. The molecule has 1 saturated carbocycles. The van der Waals surface area contributed by atoms with Crippen LogP contribution in [0, 0.1) is 0 Å². The van der Waals surface area contributed by atoms with E-state index in [0.29, 0.717) is 11.7 Å². The minimum Gasteiger partial charge on any atom is -0.370 e. The van der Waals surface area contributed by atoms with Gasteiger partial charge in [0, 0.05) is 13.2 Å². The first-order chi connectivity index (χ1) is 8.46. The second kappa shape index (κ2) is 4.63. The summed E-state index contributed by atoms with van der Waals surface area (Å²) in [7, 11) is 1.67. The van der Waals surface area contributed by atoms with Gasteiger partial charge in [-0.05, 0) is 33.1 Å². The average molecular weight is 253 g/mol. The van der Waals surface area contributed by atoms with Crippen molar-refractivity contribution in [1.29, 1.82) is 0 Å². The fraction of sp³-hybridized carbons (Fsp3) is 0.846. The first-order valence-corrected chi connectivity index (χ1v) is 6.61. The number of methoxy groups -OCH3 is 1. The van der Waals surface area contributed by atoms with Gasteiger partial charge in [-0.15, -0.1) is 0 Å². The maximum atomic E-state index is 6.17. The van der Waals surface area contributed by atoms with E-state index in [2.05, 4.69) is 17.1 Å². The van der Waals surface area contributed by atoms with Crippen molar-refractivity contribution in [2.45, 2.75) is 63.5 Å². The fourth-order valence-corrected chi connectivity index (χ4v) is 2.52. The lowest BCUT2D eigenvalue weighted by Gasteiger charge is -2.24. The molecule has 1 aromatic heterocycles. The Morgan fingerprint density at radius 2 is 2.33 bits per heavy atom. The van der Waals surface area contributed by atoms with Gasteiger partial charge in [-0.25, -0.2) is 0 Å². The molecular formula is C13H23N3O2. The molecule has 1 aromatic rings. The zero-order valence-electron chi connectivity index (χ0n) is 11.7. The molecular weight excluding hydrogens is 230 g/mol. The zero-order valence-corrected chi connectivity index (χ0v) is 11.7. The molecule has 1 aliphatic rings. The number of nitrogens with zero attached hydrogens (tertiary/aromatic N) is 2. The third-order valence-electron chi connectivity index (χ3n) is 4.54. The van der Waals surface area contributed by atoms with E-state index in [1.807, 2.05) is 13.8 Å². The molecule has 0 bridgehead atoms. The van der Waals surface area contributed by atoms with Crippen LogP contribution in [0.2, 0.25) is 0 Å². The zero-order chi connectivity index (χ0) is 13.4. The standard InChI is InChI=1S/C13H23N3O2/c1-5-13(3,17-4)10-15-11(18-16-10)12(2)8-6-7-9(12)14/h9H,5-8,14H2,1-4H3. The first kappa shape index (κ1) is 13.5. The highest BCUT2D eigenvalue weighted by Crippen LogP contribution is 2.39. The Kier molecular flexibility index (Phi) is 3.47. The van der Waals surface area contributed by atoms with Crippen LogP contribution in [0.15, 0.2) is 4.52 Å². The lowest BCUT2D eigenvalue weighted by Crippen LogP contribution is -2.38. The minimum atomic E-state index is -0.485. The van der Waals surface area contributed by atoms with Crippen molar-refractivity contribution in [3.8, 4) is 0 Å². The molecule has 2 N–H and O–H groups in total. The number of hydrogen-bond acceptors (Lipinski definition) is 5. The van der Waals surface area contributed by atoms with Gasteiger partial charge in [0.1, 0.15) is 5.60 Å². The Morgan fingerprint density at radius 1 is 1.61 bits per heavy atom. The second-order valence-electron chi connectivity index (χ2n) is 5.63. The van der Waals surface area contributed by atoms with E-state index in [1.54, 1.807) is 7.11 Å². The monoisotopic (exact) mass is 253 g/mol. The summed E-state index contributed by atoms with van der Waals surface area (Å²) in [6, 6.07) is 0.0984. The smallest absolute Gasteiger partial charge is 0.234 e. The largest absolute Gasteiger partial charge is 0.370 e. The van der Waals surface area contributed by atoms with Gasteiger partial charge in [0.2, 0.25) is 11.7 Å². The number of hydrogen-bond donors (Lipinski definition) is 1. The highest BCUT2D eigenvalue weighted by Gasteiger charge is 2.44. The minimum absolute atomic E-state index is 0.0984. The summed E-state index contributed by atoms with van der Waals surface area (Å²) in [4.78, 5) is 4.55. The fourth-order valence-electron chi connectivity index (χ4n) is 2.52. The van der Waals surface area contributed by atoms with Crippen molar-refractivity contribution in [2.75, 3.05) is 7.11 Å². The Morgan fingerprint density at radius 3 is 2.83 bits per heavy atom. The molecule has 102 valence electrons. The molecule has 3 atom stereocenters. The Bertz CT molecular complexity index is 414. The molecule has 0 saturated heterocycles. The molecule has 0 amide bonds. The molecule has 1 fully saturated rings. The molecule has 1 heterocycles. The third kappa shape index (κ3) is 1.95. The van der Waals surface area contributed by atoms with Crippen molar-refractivity contribution >= 4 is 0 Å². The van der Waals surface area contributed by atoms with E-state index < -0.39 is 5.60 Å². The molecule has 0 spiro atoms. The lowest BCUT2D eigenvalue weighted by atomic mass is 9.85. The highest BCUT2D eigenvalue weighted by atomic mass is 16.5. The average Bonchev–Trinajstić information content (AvgIpc) is 2.98. The van der Waals surface area contributed by atoms with Gasteiger partial charge in [0.25, 0.3) is 0 Å². The summed E-state index contributed by atoms with van der Waals surface area (Å²) in [5.41, 5.74) is 5.50. The summed E-state index contributed by atoms with van der Waals surface area (Å²) < 4.78 is 10.9. The van der Waals surface area contributed by atoms with E-state index in [0.717, 1.165) is 25.7 Å². The van der Waals surface area contributed by atoms with Gasteiger partial charge in [-0.3, -0.25) is 0 Å². The predicted octanol–water partition coefficient (Wildman–Crippen LogP) is 2.11. The van der Waals surface area contributed by atoms with E-state index in [-0.39, 0.29) is 11.5 Å². The van der Waals surface area contributed by atoms with Crippen LogP contribution in [0.4, 0.5) is 0 Å². The van der Waals surface area contributed by atoms with Crippen LogP contribution in [0.1, 0.15) is 58.2 Å². The van der Waals surface area contributed by atoms with E-state index >= 15 is 0 Å². The Hall–Kier alpha value is -0.940. The molecule has 2 rings (SSSR count). The summed E-state index contributed by atoms with van der Waals surface area (Å²) in [6.45, 7) is 6.12. The summed E-state index contributed by atoms with van der Waals surface area (Å²) in [6.07, 6.45) is 3.94. The summed E-state index contributed by atoms with van der Waals surface area (Å²) >= 11 is 0. The van der Waals surface area contributed by atoms with Gasteiger partial charge < -0.3 is 15.0 Å². The van der Waals surface area contributed by atoms with Crippen molar-refractivity contribution in [3.05, 3.63) is 11.7 Å². The summed E-state index contributed by atoms with van der Waals surface area (Å²) in [5, 5.41) is 4.09. The van der Waals surface area contributed by atoms with Gasteiger partial charge in [-0.2, -0.15) is 4.98 Å². The Labute approximate surface area is 108 Å². The molecule has 0 aliphatic heterocycles. The van der Waals surface area contributed by atoms with Crippen LogP contribution in [0.5, 0.6) is 0 Å². The first-order valence-electron chi connectivity index (χ1n) is 6.61. The maximum Gasteiger partial charge on any atom is 0.234 e. The normalized spacial score (nSPS) is 31.5. The Balaban J connectivity index is 2.31. The van der Waals surface area contributed by atoms with Crippen molar-refractivity contribution in [2.24, 2.45) is 5.73 Å². The molecule has 0 aromatic carbocycles. The van der Waals surface area contributed by atoms with Gasteiger partial charge in [0.05, 0.1) is 5.41 Å². The van der Waals surface area contributed by atoms with Crippen LogP contribution in [0.25, 0.3) is 0 Å². The topological polar surface area (TPSA) is 74.2 Å².